The maximum Gasteiger partial charge on any atom is 0.120 e. The van der Waals surface area contributed by atoms with E-state index in [1.807, 2.05) is 0 Å². The van der Waals surface area contributed by atoms with Gasteiger partial charge in [0, 0.05) is 6.54 Å². The van der Waals surface area contributed by atoms with Crippen molar-refractivity contribution in [3.63, 3.8) is 0 Å². The third kappa shape index (κ3) is 3.66. The molecule has 2 atom stereocenters. The van der Waals surface area contributed by atoms with Crippen LogP contribution in [0.15, 0.2) is 30.3 Å². The van der Waals surface area contributed by atoms with Gasteiger partial charge in [0.15, 0.2) is 0 Å². The molecule has 2 fully saturated rings. The van der Waals surface area contributed by atoms with Crippen molar-refractivity contribution in [2.24, 2.45) is 0 Å². The number of hydrogen-bond donors (Lipinski definition) is 1. The van der Waals surface area contributed by atoms with Gasteiger partial charge < -0.3 is 5.32 Å². The molecule has 2 unspecified atom stereocenters. The van der Waals surface area contributed by atoms with Crippen molar-refractivity contribution < 1.29 is 0 Å². The number of rotatable bonds is 3. The van der Waals surface area contributed by atoms with Crippen molar-refractivity contribution in [1.82, 2.24) is 5.32 Å². The Hall–Kier alpha value is -0.755. The van der Waals surface area contributed by atoms with E-state index in [1.165, 1.54) is 57.1 Å². The van der Waals surface area contributed by atoms with Gasteiger partial charge in [0.25, 0.3) is 0 Å². The summed E-state index contributed by atoms with van der Waals surface area (Å²) >= 11 is 0. The van der Waals surface area contributed by atoms with E-state index >= 15 is 0 Å². The Balaban J connectivity index is 1.60. The molecular formula is C18H27BN. The van der Waals surface area contributed by atoms with E-state index in [1.54, 1.807) is 0 Å². The van der Waals surface area contributed by atoms with Crippen LogP contribution in [0.4, 0.5) is 0 Å². The second-order valence-corrected chi connectivity index (χ2v) is 6.64. The highest BCUT2D eigenvalue weighted by Gasteiger charge is 2.30. The molecule has 0 bridgehead atoms. The van der Waals surface area contributed by atoms with Crippen molar-refractivity contribution >= 4 is 7.28 Å². The van der Waals surface area contributed by atoms with Crippen LogP contribution >= 0.6 is 0 Å². The van der Waals surface area contributed by atoms with Gasteiger partial charge >= 0.3 is 0 Å². The van der Waals surface area contributed by atoms with Crippen LogP contribution in [0.3, 0.4) is 0 Å². The minimum Gasteiger partial charge on any atom is -0.317 e. The van der Waals surface area contributed by atoms with Gasteiger partial charge in [-0.3, -0.25) is 0 Å². The largest absolute Gasteiger partial charge is 0.317 e. The van der Waals surface area contributed by atoms with Gasteiger partial charge in [0.1, 0.15) is 7.28 Å². The van der Waals surface area contributed by atoms with E-state index in [9.17, 15) is 0 Å². The van der Waals surface area contributed by atoms with E-state index in [2.05, 4.69) is 42.9 Å². The summed E-state index contributed by atoms with van der Waals surface area (Å²) in [4.78, 5) is 0. The fraction of sp³-hybridized carbons (Fsp3) is 0.667. The van der Waals surface area contributed by atoms with Crippen molar-refractivity contribution in [1.29, 1.82) is 0 Å². The molecule has 1 aliphatic heterocycles. The van der Waals surface area contributed by atoms with Crippen LogP contribution < -0.4 is 5.32 Å². The molecule has 1 aromatic rings. The summed E-state index contributed by atoms with van der Waals surface area (Å²) < 4.78 is 0. The summed E-state index contributed by atoms with van der Waals surface area (Å²) in [5, 5.41) is 3.61. The molecule has 107 valence electrons. The zero-order valence-electron chi connectivity index (χ0n) is 12.6. The Morgan fingerprint density at radius 1 is 0.850 bits per heavy atom. The van der Waals surface area contributed by atoms with Crippen molar-refractivity contribution in [3.8, 4) is 0 Å². The third-order valence-electron chi connectivity index (χ3n) is 5.16. The van der Waals surface area contributed by atoms with Gasteiger partial charge in [0.2, 0.25) is 0 Å². The van der Waals surface area contributed by atoms with Crippen molar-refractivity contribution in [2.45, 2.75) is 62.5 Å². The Labute approximate surface area is 124 Å². The average molecular weight is 268 g/mol. The molecule has 20 heavy (non-hydrogen) atoms. The predicted octanol–water partition coefficient (Wildman–Crippen LogP) is 4.40. The van der Waals surface area contributed by atoms with Crippen LogP contribution in [-0.2, 0) is 0 Å². The molecule has 1 radical (unpaired) electrons. The highest BCUT2D eigenvalue weighted by atomic mass is 14.9. The van der Waals surface area contributed by atoms with Gasteiger partial charge in [-0.05, 0) is 23.8 Å². The first-order valence-electron chi connectivity index (χ1n) is 8.54. The Morgan fingerprint density at radius 3 is 2.30 bits per heavy atom. The van der Waals surface area contributed by atoms with Crippen LogP contribution in [0, 0.1) is 0 Å². The van der Waals surface area contributed by atoms with Gasteiger partial charge in [-0.15, -0.1) is 0 Å². The van der Waals surface area contributed by atoms with Crippen LogP contribution in [-0.4, -0.2) is 20.4 Å². The van der Waals surface area contributed by atoms with E-state index in [0.717, 1.165) is 18.2 Å². The lowest BCUT2D eigenvalue weighted by Crippen LogP contribution is -2.18. The van der Waals surface area contributed by atoms with Gasteiger partial charge in [-0.2, -0.15) is 0 Å². The molecule has 2 aliphatic rings. The highest BCUT2D eigenvalue weighted by molar-refractivity contribution is 6.40. The van der Waals surface area contributed by atoms with E-state index < -0.39 is 0 Å². The molecular weight excluding hydrogens is 241 g/mol. The summed E-state index contributed by atoms with van der Waals surface area (Å²) in [6, 6.07) is 11.1. The standard InChI is InChI=1S/C18H27BN/c1-2-7-11-16(12-8-3-1)19-18-14-20-13-17(18)15-9-5-4-6-10-15/h4-6,9-10,16-18,20H,1-3,7-8,11-14H2. The lowest BCUT2D eigenvalue weighted by molar-refractivity contribution is 0.498. The molecule has 1 aliphatic carbocycles. The maximum absolute atomic E-state index is 3.61. The molecule has 2 heteroatoms. The first kappa shape index (κ1) is 14.2. The molecule has 0 spiro atoms. The van der Waals surface area contributed by atoms with Gasteiger partial charge in [0.05, 0.1) is 0 Å². The van der Waals surface area contributed by atoms with E-state index in [-0.39, 0.29) is 0 Å². The number of benzene rings is 1. The summed E-state index contributed by atoms with van der Waals surface area (Å²) in [6.07, 6.45) is 10.1. The number of hydrogen-bond acceptors (Lipinski definition) is 1. The van der Waals surface area contributed by atoms with Gasteiger partial charge in [-0.1, -0.05) is 81.1 Å². The Morgan fingerprint density at radius 2 is 1.55 bits per heavy atom. The maximum atomic E-state index is 3.61. The zero-order chi connectivity index (χ0) is 13.6. The minimum atomic E-state index is 0.696. The molecule has 0 amide bonds. The first-order chi connectivity index (χ1) is 9.93. The van der Waals surface area contributed by atoms with E-state index in [0.29, 0.717) is 5.92 Å². The molecule has 1 N–H and O–H groups in total. The SMILES string of the molecule is [B](C1CCCCCCC1)C1CNCC1c1ccccc1. The van der Waals surface area contributed by atoms with Crippen LogP contribution in [0.1, 0.15) is 56.4 Å². The lowest BCUT2D eigenvalue weighted by Gasteiger charge is -2.25. The highest BCUT2D eigenvalue weighted by Crippen LogP contribution is 2.37. The molecule has 1 aromatic carbocycles. The normalized spacial score (nSPS) is 28.8. The second-order valence-electron chi connectivity index (χ2n) is 6.64. The molecule has 3 rings (SSSR count). The quantitative estimate of drug-likeness (QED) is 0.801. The predicted molar refractivity (Wildman–Crippen MR) is 87.6 cm³/mol. The third-order valence-corrected chi connectivity index (χ3v) is 5.16. The molecule has 1 nitrogen and oxygen atoms in total. The smallest absolute Gasteiger partial charge is 0.120 e. The summed E-state index contributed by atoms with van der Waals surface area (Å²) in [5.41, 5.74) is 1.52. The molecule has 1 saturated heterocycles. The molecule has 0 aromatic heterocycles. The molecule has 1 heterocycles. The Bertz CT molecular complexity index is 384. The van der Waals surface area contributed by atoms with Gasteiger partial charge in [-0.25, -0.2) is 0 Å². The fourth-order valence-corrected chi connectivity index (χ4v) is 4.00. The molecule has 1 saturated carbocycles. The summed E-state index contributed by atoms with van der Waals surface area (Å²) in [6.45, 7) is 2.33. The van der Waals surface area contributed by atoms with Crippen molar-refractivity contribution in [2.75, 3.05) is 13.1 Å². The summed E-state index contributed by atoms with van der Waals surface area (Å²) in [5.74, 6) is 2.30. The first-order valence-corrected chi connectivity index (χ1v) is 8.54. The van der Waals surface area contributed by atoms with Crippen LogP contribution in [0.5, 0.6) is 0 Å². The zero-order valence-corrected chi connectivity index (χ0v) is 12.6. The van der Waals surface area contributed by atoms with Crippen LogP contribution in [0.25, 0.3) is 0 Å². The fourth-order valence-electron chi connectivity index (χ4n) is 4.00. The van der Waals surface area contributed by atoms with E-state index in [4.69, 9.17) is 0 Å². The second kappa shape index (κ2) is 7.31. The Kier molecular flexibility index (Phi) is 5.19. The van der Waals surface area contributed by atoms with Crippen molar-refractivity contribution in [3.05, 3.63) is 35.9 Å². The summed E-state index contributed by atoms with van der Waals surface area (Å²) in [7, 11) is 2.71. The van der Waals surface area contributed by atoms with Crippen LogP contribution in [0.2, 0.25) is 11.6 Å². The topological polar surface area (TPSA) is 12.0 Å². The monoisotopic (exact) mass is 268 g/mol. The average Bonchev–Trinajstić information content (AvgIpc) is 2.91. The lowest BCUT2D eigenvalue weighted by atomic mass is 9.49. The number of nitrogens with one attached hydrogen (secondary N) is 1. The minimum absolute atomic E-state index is 0.696.